The molecule has 15 heavy (non-hydrogen) atoms. The van der Waals surface area contributed by atoms with E-state index in [2.05, 4.69) is 0 Å². The first-order valence-corrected chi connectivity index (χ1v) is 5.84. The fourth-order valence-electron chi connectivity index (χ4n) is 1.33. The van der Waals surface area contributed by atoms with E-state index in [1.165, 1.54) is 12.1 Å². The van der Waals surface area contributed by atoms with E-state index in [9.17, 15) is 17.2 Å². The summed E-state index contributed by atoms with van der Waals surface area (Å²) < 4.78 is 47.5. The maximum absolute atomic E-state index is 13.1. The highest BCUT2D eigenvalue weighted by atomic mass is 32.2. The molecule has 0 bridgehead atoms. The molecule has 0 saturated carbocycles. The molecular formula is C9H11F2NO2S. The van der Waals surface area contributed by atoms with Crippen LogP contribution in [0.1, 0.15) is 10.8 Å². The van der Waals surface area contributed by atoms with Crippen LogP contribution in [-0.2, 0) is 10.0 Å². The number of hydrogen-bond donors (Lipinski definition) is 1. The average Bonchev–Trinajstić information content (AvgIpc) is 2.17. The largest absolute Gasteiger partial charge is 0.248 e. The first-order valence-electron chi connectivity index (χ1n) is 4.23. The molecule has 84 valence electrons. The van der Waals surface area contributed by atoms with E-state index < -0.39 is 28.1 Å². The third-order valence-corrected chi connectivity index (χ3v) is 3.23. The molecule has 0 spiro atoms. The van der Waals surface area contributed by atoms with Crippen LogP contribution < -0.4 is 5.14 Å². The van der Waals surface area contributed by atoms with Crippen molar-refractivity contribution in [3.05, 3.63) is 35.9 Å². The summed E-state index contributed by atoms with van der Waals surface area (Å²) in [6.45, 7) is -1.38. The van der Waals surface area contributed by atoms with E-state index in [1.54, 1.807) is 18.2 Å². The predicted octanol–water partition coefficient (Wildman–Crippen LogP) is 1.32. The highest BCUT2D eigenvalue weighted by molar-refractivity contribution is 7.89. The molecule has 0 radical (unpaired) electrons. The summed E-state index contributed by atoms with van der Waals surface area (Å²) in [4.78, 5) is 0. The van der Waals surface area contributed by atoms with Crippen LogP contribution in [0.5, 0.6) is 0 Å². The molecule has 1 aromatic carbocycles. The molecule has 1 aromatic rings. The van der Waals surface area contributed by atoms with Crippen LogP contribution in [0.15, 0.2) is 30.3 Å². The highest BCUT2D eigenvalue weighted by Gasteiger charge is 2.32. The highest BCUT2D eigenvalue weighted by Crippen LogP contribution is 2.26. The molecule has 1 rings (SSSR count). The average molecular weight is 235 g/mol. The van der Waals surface area contributed by atoms with Crippen LogP contribution in [0.25, 0.3) is 0 Å². The molecule has 0 aliphatic carbocycles. The first-order chi connectivity index (χ1) is 6.96. The normalized spacial score (nSPS) is 15.9. The number of primary sulfonamides is 1. The number of sulfonamides is 1. The lowest BCUT2D eigenvalue weighted by Crippen LogP contribution is -2.30. The van der Waals surface area contributed by atoms with Gasteiger partial charge in [0, 0.05) is 0 Å². The Labute approximate surface area is 87.0 Å². The smallest absolute Gasteiger partial charge is 0.219 e. The summed E-state index contributed by atoms with van der Waals surface area (Å²) in [6.07, 6.45) is -2.14. The van der Waals surface area contributed by atoms with Gasteiger partial charge in [-0.1, -0.05) is 30.3 Å². The van der Waals surface area contributed by atoms with Gasteiger partial charge in [0.1, 0.15) is 11.9 Å². The lowest BCUT2D eigenvalue weighted by Gasteiger charge is -2.16. The predicted molar refractivity (Wildman–Crippen MR) is 53.2 cm³/mol. The summed E-state index contributed by atoms with van der Waals surface area (Å²) in [5, 5.41) is 3.22. The van der Waals surface area contributed by atoms with Crippen molar-refractivity contribution in [3.63, 3.8) is 0 Å². The Bertz CT molecular complexity index is 407. The number of nitrogens with two attached hydrogens (primary N) is 1. The molecule has 3 nitrogen and oxygen atoms in total. The molecular weight excluding hydrogens is 224 g/mol. The maximum Gasteiger partial charge on any atom is 0.219 e. The van der Waals surface area contributed by atoms with Crippen molar-refractivity contribution >= 4 is 10.0 Å². The van der Waals surface area contributed by atoms with Crippen LogP contribution in [0.2, 0.25) is 0 Å². The Morgan fingerprint density at radius 2 is 1.80 bits per heavy atom. The van der Waals surface area contributed by atoms with E-state index in [0.29, 0.717) is 0 Å². The van der Waals surface area contributed by atoms with Crippen molar-refractivity contribution in [2.75, 3.05) is 6.67 Å². The molecule has 0 amide bonds. The summed E-state index contributed by atoms with van der Waals surface area (Å²) in [5.74, 6) is 0. The third-order valence-electron chi connectivity index (χ3n) is 1.96. The Hall–Kier alpha value is -1.01. The van der Waals surface area contributed by atoms with Crippen LogP contribution in [-0.4, -0.2) is 21.3 Å². The van der Waals surface area contributed by atoms with Crippen LogP contribution >= 0.6 is 0 Å². The van der Waals surface area contributed by atoms with Crippen LogP contribution in [0.3, 0.4) is 0 Å². The zero-order valence-electron chi connectivity index (χ0n) is 7.81. The van der Waals surface area contributed by atoms with Gasteiger partial charge in [-0.3, -0.25) is 0 Å². The lowest BCUT2D eigenvalue weighted by atomic mass is 10.1. The zero-order valence-corrected chi connectivity index (χ0v) is 8.62. The first kappa shape index (κ1) is 12.1. The SMILES string of the molecule is NS(=O)(=O)C(c1ccccc1)C(F)CF. The summed E-state index contributed by atoms with van der Waals surface area (Å²) in [6, 6.07) is 7.53. The number of rotatable bonds is 4. The van der Waals surface area contributed by atoms with Gasteiger partial charge in [-0.15, -0.1) is 0 Å². The quantitative estimate of drug-likeness (QED) is 0.855. The van der Waals surface area contributed by atoms with E-state index in [4.69, 9.17) is 5.14 Å². The minimum atomic E-state index is -4.14. The van der Waals surface area contributed by atoms with Gasteiger partial charge in [-0.25, -0.2) is 22.3 Å². The van der Waals surface area contributed by atoms with Crippen molar-refractivity contribution in [2.45, 2.75) is 11.4 Å². The fourth-order valence-corrected chi connectivity index (χ4v) is 2.35. The van der Waals surface area contributed by atoms with Crippen molar-refractivity contribution in [1.29, 1.82) is 0 Å². The molecule has 2 unspecified atom stereocenters. The standard InChI is InChI=1S/C9H11F2NO2S/c10-6-8(11)9(15(12,13)14)7-4-2-1-3-5-7/h1-5,8-9H,6H2,(H2,12,13,14). The molecule has 0 aromatic heterocycles. The maximum atomic E-state index is 13.1. The van der Waals surface area contributed by atoms with Gasteiger partial charge < -0.3 is 0 Å². The molecule has 0 heterocycles. The van der Waals surface area contributed by atoms with Crippen molar-refractivity contribution in [3.8, 4) is 0 Å². The van der Waals surface area contributed by atoms with E-state index in [-0.39, 0.29) is 5.56 Å². The van der Waals surface area contributed by atoms with Gasteiger partial charge in [0.2, 0.25) is 10.0 Å². The minimum Gasteiger partial charge on any atom is -0.248 e. The number of hydrogen-bond acceptors (Lipinski definition) is 2. The number of benzene rings is 1. The second kappa shape index (κ2) is 4.67. The number of halogens is 2. The van der Waals surface area contributed by atoms with Gasteiger partial charge in [-0.2, -0.15) is 0 Å². The zero-order chi connectivity index (χ0) is 11.5. The van der Waals surface area contributed by atoms with Crippen molar-refractivity contribution in [2.24, 2.45) is 5.14 Å². The molecule has 2 atom stereocenters. The Balaban J connectivity index is 3.14. The molecule has 2 N–H and O–H groups in total. The second-order valence-electron chi connectivity index (χ2n) is 3.09. The lowest BCUT2D eigenvalue weighted by molar-refractivity contribution is 0.251. The van der Waals surface area contributed by atoms with Crippen molar-refractivity contribution in [1.82, 2.24) is 0 Å². The molecule has 0 fully saturated rings. The van der Waals surface area contributed by atoms with Crippen LogP contribution in [0.4, 0.5) is 8.78 Å². The molecule has 0 aliphatic rings. The summed E-state index contributed by atoms with van der Waals surface area (Å²) in [5.41, 5.74) is 0.158. The van der Waals surface area contributed by atoms with Gasteiger partial charge >= 0.3 is 0 Å². The van der Waals surface area contributed by atoms with Crippen LogP contribution in [0, 0.1) is 0 Å². The van der Waals surface area contributed by atoms with Gasteiger partial charge in [0.25, 0.3) is 0 Å². The second-order valence-corrected chi connectivity index (χ2v) is 4.78. The monoisotopic (exact) mass is 235 g/mol. The minimum absolute atomic E-state index is 0.158. The van der Waals surface area contributed by atoms with Crippen molar-refractivity contribution < 1.29 is 17.2 Å². The summed E-state index contributed by atoms with van der Waals surface area (Å²) in [7, 11) is -4.14. The fraction of sp³-hybridized carbons (Fsp3) is 0.333. The van der Waals surface area contributed by atoms with Gasteiger partial charge in [0.15, 0.2) is 6.17 Å². The topological polar surface area (TPSA) is 60.2 Å². The van der Waals surface area contributed by atoms with E-state index >= 15 is 0 Å². The molecule has 0 aliphatic heterocycles. The molecule has 6 heteroatoms. The van der Waals surface area contributed by atoms with E-state index in [0.717, 1.165) is 0 Å². The Morgan fingerprint density at radius 3 is 2.20 bits per heavy atom. The Morgan fingerprint density at radius 1 is 1.27 bits per heavy atom. The van der Waals surface area contributed by atoms with E-state index in [1.807, 2.05) is 0 Å². The number of alkyl halides is 2. The van der Waals surface area contributed by atoms with Gasteiger partial charge in [-0.05, 0) is 5.56 Å². The third kappa shape index (κ3) is 2.97. The Kier molecular flexibility index (Phi) is 3.76. The molecule has 0 saturated heterocycles. The summed E-state index contributed by atoms with van der Waals surface area (Å²) >= 11 is 0. The van der Waals surface area contributed by atoms with Gasteiger partial charge in [0.05, 0.1) is 0 Å².